The molecule has 21 heavy (non-hydrogen) atoms. The van der Waals surface area contributed by atoms with Crippen LogP contribution in [0.4, 0.5) is 0 Å². The summed E-state index contributed by atoms with van der Waals surface area (Å²) in [7, 11) is 3.63. The number of aromatic nitrogens is 1. The molecule has 1 aromatic rings. The van der Waals surface area contributed by atoms with Crippen molar-refractivity contribution in [1.29, 1.82) is 0 Å². The molecule has 0 radical (unpaired) electrons. The van der Waals surface area contributed by atoms with E-state index in [1.165, 1.54) is 0 Å². The van der Waals surface area contributed by atoms with Crippen molar-refractivity contribution < 1.29 is 9.84 Å². The van der Waals surface area contributed by atoms with Gasteiger partial charge in [0.15, 0.2) is 0 Å². The molecule has 1 aromatic heterocycles. The molecule has 0 unspecified atom stereocenters. The van der Waals surface area contributed by atoms with Crippen molar-refractivity contribution in [3.8, 4) is 5.88 Å². The number of aliphatic hydroxyl groups is 1. The van der Waals surface area contributed by atoms with Crippen molar-refractivity contribution in [1.82, 2.24) is 15.2 Å². The van der Waals surface area contributed by atoms with Crippen molar-refractivity contribution in [3.05, 3.63) is 23.9 Å². The molecular formula is C16H25N3O2. The predicted octanol–water partition coefficient (Wildman–Crippen LogP) is 1.12. The molecule has 0 atom stereocenters. The Kier molecular flexibility index (Phi) is 4.15. The van der Waals surface area contributed by atoms with Crippen molar-refractivity contribution >= 4 is 0 Å². The lowest BCUT2D eigenvalue weighted by Gasteiger charge is -2.48. The van der Waals surface area contributed by atoms with Crippen LogP contribution in [0.15, 0.2) is 18.3 Å². The molecule has 5 heteroatoms. The maximum atomic E-state index is 10.9. The van der Waals surface area contributed by atoms with Crippen LogP contribution in [-0.2, 0) is 5.60 Å². The van der Waals surface area contributed by atoms with E-state index < -0.39 is 5.60 Å². The molecule has 0 amide bonds. The van der Waals surface area contributed by atoms with Crippen molar-refractivity contribution in [2.24, 2.45) is 0 Å². The molecule has 5 nitrogen and oxygen atoms in total. The van der Waals surface area contributed by atoms with Crippen LogP contribution in [0.25, 0.3) is 0 Å². The van der Waals surface area contributed by atoms with E-state index in [2.05, 4.69) is 15.2 Å². The summed E-state index contributed by atoms with van der Waals surface area (Å²) >= 11 is 0. The molecule has 2 N–H and O–H groups in total. The Bertz CT molecular complexity index is 463. The number of methoxy groups -OCH3 is 1. The van der Waals surface area contributed by atoms with Gasteiger partial charge in [-0.15, -0.1) is 0 Å². The molecule has 0 aromatic carbocycles. The molecule has 1 aliphatic carbocycles. The third-order valence-corrected chi connectivity index (χ3v) is 5.10. The van der Waals surface area contributed by atoms with Crippen LogP contribution in [0, 0.1) is 0 Å². The van der Waals surface area contributed by atoms with E-state index in [0.717, 1.165) is 44.3 Å². The number of nitrogens with one attached hydrogen (secondary N) is 1. The Hall–Kier alpha value is -1.17. The Morgan fingerprint density at radius 2 is 2.05 bits per heavy atom. The summed E-state index contributed by atoms with van der Waals surface area (Å²) in [6.45, 7) is 2.29. The molecule has 0 bridgehead atoms. The quantitative estimate of drug-likeness (QED) is 0.871. The number of hydrogen-bond acceptors (Lipinski definition) is 5. The molecule has 2 aliphatic rings. The number of rotatable bonds is 4. The van der Waals surface area contributed by atoms with E-state index in [1.54, 1.807) is 13.3 Å². The minimum absolute atomic E-state index is 0.592. The summed E-state index contributed by atoms with van der Waals surface area (Å²) in [5.41, 5.74) is 0.196. The molecule has 116 valence electrons. The van der Waals surface area contributed by atoms with Crippen molar-refractivity contribution in [2.75, 3.05) is 27.2 Å². The van der Waals surface area contributed by atoms with Gasteiger partial charge in [-0.25, -0.2) is 4.98 Å². The predicted molar refractivity (Wildman–Crippen MR) is 81.4 cm³/mol. The maximum Gasteiger partial charge on any atom is 0.212 e. The number of ether oxygens (including phenoxy) is 1. The van der Waals surface area contributed by atoms with Gasteiger partial charge in [-0.1, -0.05) is 0 Å². The molecule has 1 aliphatic heterocycles. The fourth-order valence-corrected chi connectivity index (χ4v) is 3.50. The van der Waals surface area contributed by atoms with Gasteiger partial charge >= 0.3 is 0 Å². The van der Waals surface area contributed by atoms with Crippen molar-refractivity contribution in [3.63, 3.8) is 0 Å². The number of likely N-dealkylation sites (tertiary alicyclic amines) is 1. The van der Waals surface area contributed by atoms with Crippen LogP contribution in [0.5, 0.6) is 5.88 Å². The van der Waals surface area contributed by atoms with E-state index >= 15 is 0 Å². The lowest BCUT2D eigenvalue weighted by Crippen LogP contribution is -2.61. The largest absolute Gasteiger partial charge is 0.481 e. The lowest BCUT2D eigenvalue weighted by molar-refractivity contribution is -0.0400. The third-order valence-electron chi connectivity index (χ3n) is 5.10. The van der Waals surface area contributed by atoms with Crippen LogP contribution in [0.3, 0.4) is 0 Å². The fraction of sp³-hybridized carbons (Fsp3) is 0.688. The number of hydrogen-bond donors (Lipinski definition) is 2. The Labute approximate surface area is 126 Å². The van der Waals surface area contributed by atoms with Gasteiger partial charge < -0.3 is 15.2 Å². The molecule has 1 saturated carbocycles. The summed E-state index contributed by atoms with van der Waals surface area (Å²) in [5.74, 6) is 0.592. The van der Waals surface area contributed by atoms with E-state index in [-0.39, 0.29) is 0 Å². The second-order valence-corrected chi connectivity index (χ2v) is 6.29. The fourth-order valence-electron chi connectivity index (χ4n) is 3.50. The lowest BCUT2D eigenvalue weighted by atomic mass is 9.77. The first-order valence-corrected chi connectivity index (χ1v) is 7.79. The van der Waals surface area contributed by atoms with E-state index in [9.17, 15) is 5.11 Å². The van der Waals surface area contributed by atoms with Crippen LogP contribution < -0.4 is 10.1 Å². The van der Waals surface area contributed by atoms with E-state index in [0.29, 0.717) is 18.0 Å². The number of likely N-dealkylation sites (N-methyl/N-ethyl adjacent to an activating group) is 1. The normalized spacial score (nSPS) is 30.9. The van der Waals surface area contributed by atoms with Gasteiger partial charge in [0.1, 0.15) is 0 Å². The van der Waals surface area contributed by atoms with Gasteiger partial charge in [0.05, 0.1) is 12.7 Å². The smallest absolute Gasteiger partial charge is 0.212 e. The average molecular weight is 291 g/mol. The second-order valence-electron chi connectivity index (χ2n) is 6.29. The molecule has 2 fully saturated rings. The number of pyridine rings is 1. The number of nitrogens with zero attached hydrogens (tertiary/aromatic N) is 2. The van der Waals surface area contributed by atoms with E-state index in [4.69, 9.17) is 4.74 Å². The SMILES string of the molecule is CNC1CN(C2CCC(O)(c3ccc(OC)nc3)CC2)C1. The summed E-state index contributed by atoms with van der Waals surface area (Å²) in [6.07, 6.45) is 5.48. The summed E-state index contributed by atoms with van der Waals surface area (Å²) in [5, 5.41) is 14.2. The Morgan fingerprint density at radius 1 is 1.33 bits per heavy atom. The summed E-state index contributed by atoms with van der Waals surface area (Å²) < 4.78 is 5.08. The minimum Gasteiger partial charge on any atom is -0.481 e. The highest BCUT2D eigenvalue weighted by molar-refractivity contribution is 5.24. The molecule has 2 heterocycles. The van der Waals surface area contributed by atoms with Gasteiger partial charge in [0.2, 0.25) is 5.88 Å². The first-order chi connectivity index (χ1) is 10.1. The van der Waals surface area contributed by atoms with Crippen LogP contribution in [-0.4, -0.2) is 54.3 Å². The Morgan fingerprint density at radius 3 is 2.57 bits per heavy atom. The highest BCUT2D eigenvalue weighted by Crippen LogP contribution is 2.39. The van der Waals surface area contributed by atoms with Gasteiger partial charge in [-0.3, -0.25) is 4.90 Å². The Balaban J connectivity index is 1.58. The standard InChI is InChI=1S/C16H25N3O2/c1-17-13-10-19(11-13)14-5-7-16(20,8-6-14)12-3-4-15(21-2)18-9-12/h3-4,9,13-14,17,20H,5-8,10-11H2,1-2H3. The zero-order valence-corrected chi connectivity index (χ0v) is 12.9. The zero-order valence-electron chi connectivity index (χ0n) is 12.9. The molecular weight excluding hydrogens is 266 g/mol. The second kappa shape index (κ2) is 5.91. The van der Waals surface area contributed by atoms with Crippen LogP contribution in [0.1, 0.15) is 31.2 Å². The maximum absolute atomic E-state index is 10.9. The minimum atomic E-state index is -0.719. The highest BCUT2D eigenvalue weighted by atomic mass is 16.5. The van der Waals surface area contributed by atoms with Gasteiger partial charge in [0.25, 0.3) is 0 Å². The zero-order chi connectivity index (χ0) is 14.9. The molecule has 3 rings (SSSR count). The van der Waals surface area contributed by atoms with E-state index in [1.807, 2.05) is 19.2 Å². The van der Waals surface area contributed by atoms with Crippen molar-refractivity contribution in [2.45, 2.75) is 43.4 Å². The first-order valence-electron chi connectivity index (χ1n) is 7.79. The summed E-state index contributed by atoms with van der Waals surface area (Å²) in [4.78, 5) is 6.75. The molecule has 1 saturated heterocycles. The first kappa shape index (κ1) is 14.8. The highest BCUT2D eigenvalue weighted by Gasteiger charge is 2.39. The third kappa shape index (κ3) is 2.91. The van der Waals surface area contributed by atoms with Gasteiger partial charge in [-0.05, 0) is 38.8 Å². The van der Waals surface area contributed by atoms with Gasteiger partial charge in [-0.2, -0.15) is 0 Å². The topological polar surface area (TPSA) is 57.6 Å². The van der Waals surface area contributed by atoms with Crippen LogP contribution in [0.2, 0.25) is 0 Å². The summed E-state index contributed by atoms with van der Waals surface area (Å²) in [6, 6.07) is 5.04. The van der Waals surface area contributed by atoms with Crippen LogP contribution >= 0.6 is 0 Å². The molecule has 0 spiro atoms. The van der Waals surface area contributed by atoms with Gasteiger partial charge in [0, 0.05) is 43.0 Å². The average Bonchev–Trinajstić information content (AvgIpc) is 2.48. The monoisotopic (exact) mass is 291 g/mol.